The van der Waals surface area contributed by atoms with Gasteiger partial charge in [0.1, 0.15) is 0 Å². The topological polar surface area (TPSA) is 47.1 Å². The Hall–Kier alpha value is -1.67. The lowest BCUT2D eigenvalue weighted by molar-refractivity contribution is -0.114. The molecule has 0 unspecified atom stereocenters. The van der Waals surface area contributed by atoms with Gasteiger partial charge in [-0.3, -0.25) is 9.21 Å². The highest BCUT2D eigenvalue weighted by atomic mass is 32.2. The molecule has 4 aliphatic carbocycles. The number of anilines is 1. The van der Waals surface area contributed by atoms with Crippen LogP contribution in [0.1, 0.15) is 51.4 Å². The van der Waals surface area contributed by atoms with Crippen LogP contribution in [0.5, 0.6) is 0 Å². The second kappa shape index (κ2) is 9.68. The monoisotopic (exact) mass is 562 g/mol. The Balaban J connectivity index is 0.973. The lowest BCUT2D eigenvalue weighted by Crippen LogP contribution is -2.63. The summed E-state index contributed by atoms with van der Waals surface area (Å²) in [5, 5.41) is 1.93. The van der Waals surface area contributed by atoms with Gasteiger partial charge in [-0.2, -0.15) is 0 Å². The van der Waals surface area contributed by atoms with Gasteiger partial charge in [-0.05, 0) is 118 Å². The summed E-state index contributed by atoms with van der Waals surface area (Å²) in [4.78, 5) is 8.67. The molecule has 9 rings (SSSR count). The van der Waals surface area contributed by atoms with E-state index in [1.807, 2.05) is 30.3 Å². The molecule has 3 aliphatic heterocycles. The Morgan fingerprint density at radius 1 is 0.850 bits per heavy atom. The summed E-state index contributed by atoms with van der Waals surface area (Å²) in [6.45, 7) is 8.88. The van der Waals surface area contributed by atoms with Gasteiger partial charge in [0, 0.05) is 50.7 Å². The zero-order valence-electron chi connectivity index (χ0n) is 24.2. The van der Waals surface area contributed by atoms with Crippen LogP contribution in [0, 0.1) is 29.1 Å². The number of rotatable bonds is 6. The van der Waals surface area contributed by atoms with Crippen LogP contribution in [0.2, 0.25) is 0 Å². The molecule has 2 aromatic carbocycles. The van der Waals surface area contributed by atoms with Crippen LogP contribution < -0.4 is 4.31 Å². The van der Waals surface area contributed by atoms with Crippen molar-refractivity contribution in [3.8, 4) is 0 Å². The van der Waals surface area contributed by atoms with Gasteiger partial charge >= 0.3 is 0 Å². The molecule has 0 amide bonds. The largest absolute Gasteiger partial charge is 0.304 e. The predicted molar refractivity (Wildman–Crippen MR) is 161 cm³/mol. The minimum atomic E-state index is -3.47. The van der Waals surface area contributed by atoms with E-state index in [-0.39, 0.29) is 0 Å². The highest BCUT2D eigenvalue weighted by molar-refractivity contribution is 7.93. The molecule has 2 saturated heterocycles. The molecule has 40 heavy (non-hydrogen) atoms. The summed E-state index contributed by atoms with van der Waals surface area (Å²) in [5.74, 6) is 3.38. The van der Waals surface area contributed by atoms with E-state index in [2.05, 4.69) is 21.7 Å². The van der Waals surface area contributed by atoms with Crippen LogP contribution in [0.25, 0.3) is 10.8 Å². The van der Waals surface area contributed by atoms with Crippen molar-refractivity contribution < 1.29 is 8.42 Å². The fourth-order valence-electron chi connectivity index (χ4n) is 10.4. The van der Waals surface area contributed by atoms with Gasteiger partial charge < -0.3 is 9.80 Å². The quantitative estimate of drug-likeness (QED) is 0.502. The van der Waals surface area contributed by atoms with Crippen LogP contribution in [-0.4, -0.2) is 88.6 Å². The van der Waals surface area contributed by atoms with Crippen molar-refractivity contribution in [3.05, 3.63) is 36.4 Å². The minimum absolute atomic E-state index is 0.414. The van der Waals surface area contributed by atoms with E-state index < -0.39 is 10.0 Å². The fraction of sp³-hybridized carbons (Fsp3) is 0.697. The summed E-state index contributed by atoms with van der Waals surface area (Å²) in [6.07, 6.45) is 11.1. The number of piperidine rings is 1. The van der Waals surface area contributed by atoms with Crippen molar-refractivity contribution in [2.45, 2.75) is 62.3 Å². The maximum atomic E-state index is 13.6. The number of hydrogen-bond acceptors (Lipinski definition) is 5. The van der Waals surface area contributed by atoms with Crippen molar-refractivity contribution in [3.63, 3.8) is 0 Å². The van der Waals surface area contributed by atoms with Crippen molar-refractivity contribution in [2.24, 2.45) is 29.1 Å². The predicted octanol–water partition coefficient (Wildman–Crippen LogP) is 4.89. The van der Waals surface area contributed by atoms with Crippen LogP contribution in [0.15, 0.2) is 41.3 Å². The van der Waals surface area contributed by atoms with Crippen LogP contribution in [0.3, 0.4) is 0 Å². The molecule has 6 nitrogen and oxygen atoms in total. The normalized spacial score (nSPS) is 35.1. The van der Waals surface area contributed by atoms with Gasteiger partial charge in [0.2, 0.25) is 0 Å². The highest BCUT2D eigenvalue weighted by Gasteiger charge is 2.55. The number of benzene rings is 2. The fourth-order valence-corrected chi connectivity index (χ4v) is 12.2. The highest BCUT2D eigenvalue weighted by Crippen LogP contribution is 2.62. The van der Waals surface area contributed by atoms with Crippen molar-refractivity contribution in [2.75, 3.05) is 63.7 Å². The van der Waals surface area contributed by atoms with Gasteiger partial charge in [0.15, 0.2) is 0 Å². The second-order valence-electron chi connectivity index (χ2n) is 14.5. The van der Waals surface area contributed by atoms with E-state index in [9.17, 15) is 8.42 Å². The SMILES string of the molecule is CN1CCN([C@@H](CN2CCC(CN3c4cccc5cccc(c45)S3(=O)=O)CC2)C23CC4CC(CC(C4)C2)C3)CC1. The number of likely N-dealkylation sites (N-methyl/N-ethyl adjacent to an activating group) is 1. The van der Waals surface area contributed by atoms with Gasteiger partial charge in [-0.15, -0.1) is 0 Å². The number of sulfonamides is 1. The summed E-state index contributed by atoms with van der Waals surface area (Å²) >= 11 is 0. The first kappa shape index (κ1) is 26.0. The first-order chi connectivity index (χ1) is 19.4. The molecule has 4 saturated carbocycles. The third kappa shape index (κ3) is 4.25. The van der Waals surface area contributed by atoms with E-state index in [0.717, 1.165) is 60.1 Å². The third-order valence-electron chi connectivity index (χ3n) is 12.0. The average molecular weight is 563 g/mol. The molecule has 1 atom stereocenters. The molecule has 0 radical (unpaired) electrons. The minimum Gasteiger partial charge on any atom is -0.304 e. The lowest BCUT2D eigenvalue weighted by atomic mass is 9.47. The maximum Gasteiger partial charge on any atom is 0.265 e. The molecule has 0 aromatic heterocycles. The number of likely N-dealkylation sites (tertiary alicyclic amines) is 1. The molecule has 0 spiro atoms. The second-order valence-corrected chi connectivity index (χ2v) is 16.4. The Labute approximate surface area is 240 Å². The van der Waals surface area contributed by atoms with E-state index in [1.165, 1.54) is 71.2 Å². The number of nitrogens with zero attached hydrogens (tertiary/aromatic N) is 4. The molecular weight excluding hydrogens is 516 g/mol. The van der Waals surface area contributed by atoms with E-state index in [4.69, 9.17) is 0 Å². The number of piperazine rings is 1. The van der Waals surface area contributed by atoms with E-state index in [0.29, 0.717) is 28.8 Å². The maximum absolute atomic E-state index is 13.6. The van der Waals surface area contributed by atoms with Gasteiger partial charge in [-0.25, -0.2) is 8.42 Å². The van der Waals surface area contributed by atoms with Crippen LogP contribution >= 0.6 is 0 Å². The zero-order chi connectivity index (χ0) is 27.1. The summed E-state index contributed by atoms with van der Waals surface area (Å²) in [5.41, 5.74) is 1.42. The Bertz CT molecular complexity index is 1340. The Morgan fingerprint density at radius 2 is 1.48 bits per heavy atom. The zero-order valence-corrected chi connectivity index (χ0v) is 25.0. The van der Waals surface area contributed by atoms with Gasteiger partial charge in [0.25, 0.3) is 10.0 Å². The standard InChI is InChI=1S/C33H46N4O2S/c1-34-12-14-36(15-13-34)31(33-19-25-16-26(20-33)18-27(17-25)21-33)23-35-10-8-24(9-11-35)22-37-29-6-2-4-28-5-3-7-30(32(28)29)40(37,38)39/h2-7,24-27,31H,8-23H2,1H3/t25?,26?,27?,31-,33?/m0/s1. The van der Waals surface area contributed by atoms with Crippen molar-refractivity contribution >= 4 is 26.5 Å². The van der Waals surface area contributed by atoms with Gasteiger partial charge in [-0.1, -0.05) is 24.3 Å². The number of hydrogen-bond donors (Lipinski definition) is 0. The molecule has 2 aromatic rings. The van der Waals surface area contributed by atoms with Crippen molar-refractivity contribution in [1.82, 2.24) is 14.7 Å². The molecule has 6 fully saturated rings. The summed E-state index contributed by atoms with van der Waals surface area (Å²) in [7, 11) is -1.19. The van der Waals surface area contributed by atoms with Crippen LogP contribution in [0.4, 0.5) is 5.69 Å². The van der Waals surface area contributed by atoms with Crippen molar-refractivity contribution in [1.29, 1.82) is 0 Å². The molecule has 0 N–H and O–H groups in total. The molecule has 216 valence electrons. The average Bonchev–Trinajstić information content (AvgIpc) is 3.15. The molecule has 7 heteroatoms. The third-order valence-corrected chi connectivity index (χ3v) is 13.8. The summed E-state index contributed by atoms with van der Waals surface area (Å²) in [6, 6.07) is 12.4. The van der Waals surface area contributed by atoms with E-state index >= 15 is 0 Å². The molecule has 4 bridgehead atoms. The Morgan fingerprint density at radius 3 is 2.12 bits per heavy atom. The molecular formula is C33H46N4O2S. The summed E-state index contributed by atoms with van der Waals surface area (Å²) < 4.78 is 28.8. The van der Waals surface area contributed by atoms with Gasteiger partial charge in [0.05, 0.1) is 10.6 Å². The lowest BCUT2D eigenvalue weighted by Gasteiger charge is -2.62. The smallest absolute Gasteiger partial charge is 0.265 e. The first-order valence-electron chi connectivity index (χ1n) is 16.1. The molecule has 3 heterocycles. The molecule has 7 aliphatic rings. The van der Waals surface area contributed by atoms with Crippen LogP contribution in [-0.2, 0) is 10.0 Å². The first-order valence-corrected chi connectivity index (χ1v) is 17.5. The van der Waals surface area contributed by atoms with E-state index in [1.54, 1.807) is 10.4 Å². The Kier molecular flexibility index (Phi) is 6.29.